The lowest BCUT2D eigenvalue weighted by atomic mass is 10.1. The van der Waals surface area contributed by atoms with Gasteiger partial charge in [0.25, 0.3) is 5.91 Å². The first-order valence-corrected chi connectivity index (χ1v) is 8.55. The maximum absolute atomic E-state index is 12.4. The predicted octanol–water partition coefficient (Wildman–Crippen LogP) is 5.06. The van der Waals surface area contributed by atoms with Crippen LogP contribution < -0.4 is 10.1 Å². The molecule has 0 aliphatic heterocycles. The van der Waals surface area contributed by atoms with Crippen LogP contribution >= 0.6 is 0 Å². The number of nitrogens with one attached hydrogen (secondary N) is 1. The van der Waals surface area contributed by atoms with Crippen molar-refractivity contribution in [1.29, 1.82) is 0 Å². The molecule has 4 aromatic rings. The van der Waals surface area contributed by atoms with E-state index in [1.165, 1.54) is 0 Å². The molecule has 0 bridgehead atoms. The number of rotatable bonds is 4. The second-order valence-electron chi connectivity index (χ2n) is 6.25. The Labute approximate surface area is 156 Å². The molecule has 0 fully saturated rings. The molecule has 3 aromatic carbocycles. The standard InChI is InChI=1S/C22H18N2O3/c1-14-6-8-15(9-7-14)21(25)23-17-10-11-20-19(13-17)24-22(27-20)16-4-3-5-18(12-16)26-2/h3-13H,1-2H3,(H,23,25). The van der Waals surface area contributed by atoms with Crippen molar-refractivity contribution in [3.8, 4) is 17.2 Å². The first-order chi connectivity index (χ1) is 13.1. The van der Waals surface area contributed by atoms with Gasteiger partial charge in [-0.25, -0.2) is 4.98 Å². The number of fused-ring (bicyclic) bond motifs is 1. The maximum atomic E-state index is 12.4. The fourth-order valence-electron chi connectivity index (χ4n) is 2.79. The van der Waals surface area contributed by atoms with Crippen LogP contribution in [0.5, 0.6) is 5.75 Å². The van der Waals surface area contributed by atoms with Gasteiger partial charge in [-0.05, 0) is 55.5 Å². The summed E-state index contributed by atoms with van der Waals surface area (Å²) in [5.74, 6) is 1.08. The van der Waals surface area contributed by atoms with Gasteiger partial charge in [-0.1, -0.05) is 23.8 Å². The molecular formula is C22H18N2O3. The molecule has 0 aliphatic carbocycles. The SMILES string of the molecule is COc1cccc(-c2nc3cc(NC(=O)c4ccc(C)cc4)ccc3o2)c1. The largest absolute Gasteiger partial charge is 0.497 e. The van der Waals surface area contributed by atoms with Gasteiger partial charge in [0.15, 0.2) is 5.58 Å². The molecule has 0 saturated heterocycles. The number of amides is 1. The number of carbonyl (C=O) groups excluding carboxylic acids is 1. The Morgan fingerprint density at radius 3 is 2.63 bits per heavy atom. The van der Waals surface area contributed by atoms with E-state index in [0.717, 1.165) is 16.9 Å². The van der Waals surface area contributed by atoms with E-state index in [4.69, 9.17) is 9.15 Å². The Hall–Kier alpha value is -3.60. The molecule has 1 N–H and O–H groups in total. The van der Waals surface area contributed by atoms with Crippen LogP contribution in [0.1, 0.15) is 15.9 Å². The lowest BCUT2D eigenvalue weighted by Crippen LogP contribution is -2.11. The third-order valence-corrected chi connectivity index (χ3v) is 4.28. The Balaban J connectivity index is 1.60. The van der Waals surface area contributed by atoms with E-state index in [2.05, 4.69) is 10.3 Å². The van der Waals surface area contributed by atoms with Crippen molar-refractivity contribution < 1.29 is 13.9 Å². The first-order valence-electron chi connectivity index (χ1n) is 8.55. The molecule has 4 rings (SSSR count). The molecule has 1 heterocycles. The van der Waals surface area contributed by atoms with Crippen molar-refractivity contribution in [2.24, 2.45) is 0 Å². The fraction of sp³-hybridized carbons (Fsp3) is 0.0909. The maximum Gasteiger partial charge on any atom is 0.255 e. The van der Waals surface area contributed by atoms with Gasteiger partial charge in [-0.3, -0.25) is 4.79 Å². The molecule has 5 heteroatoms. The second-order valence-corrected chi connectivity index (χ2v) is 6.25. The number of aromatic nitrogens is 1. The molecule has 0 atom stereocenters. The van der Waals surface area contributed by atoms with Crippen molar-refractivity contribution in [1.82, 2.24) is 4.98 Å². The summed E-state index contributed by atoms with van der Waals surface area (Å²) in [6.07, 6.45) is 0. The van der Waals surface area contributed by atoms with E-state index in [9.17, 15) is 4.79 Å². The number of methoxy groups -OCH3 is 1. The molecule has 5 nitrogen and oxygen atoms in total. The van der Waals surface area contributed by atoms with Gasteiger partial charge >= 0.3 is 0 Å². The molecule has 0 saturated carbocycles. The highest BCUT2D eigenvalue weighted by Gasteiger charge is 2.11. The van der Waals surface area contributed by atoms with Crippen molar-refractivity contribution in [3.63, 3.8) is 0 Å². The minimum absolute atomic E-state index is 0.161. The molecular weight excluding hydrogens is 340 g/mol. The summed E-state index contributed by atoms with van der Waals surface area (Å²) < 4.78 is 11.1. The van der Waals surface area contributed by atoms with E-state index >= 15 is 0 Å². The van der Waals surface area contributed by atoms with Gasteiger partial charge < -0.3 is 14.5 Å². The summed E-state index contributed by atoms with van der Waals surface area (Å²) >= 11 is 0. The van der Waals surface area contributed by atoms with Crippen LogP contribution in [0, 0.1) is 6.92 Å². The van der Waals surface area contributed by atoms with Crippen LogP contribution in [-0.2, 0) is 0 Å². The minimum atomic E-state index is -0.161. The zero-order valence-corrected chi connectivity index (χ0v) is 15.0. The summed E-state index contributed by atoms with van der Waals surface area (Å²) in [5.41, 5.74) is 4.54. The van der Waals surface area contributed by atoms with Crippen LogP contribution in [0.15, 0.2) is 71.1 Å². The monoisotopic (exact) mass is 358 g/mol. The van der Waals surface area contributed by atoms with E-state index in [0.29, 0.717) is 28.2 Å². The van der Waals surface area contributed by atoms with Gasteiger partial charge in [-0.2, -0.15) is 0 Å². The number of benzene rings is 3. The Bertz CT molecular complexity index is 1110. The van der Waals surface area contributed by atoms with E-state index < -0.39 is 0 Å². The van der Waals surface area contributed by atoms with Gasteiger partial charge in [-0.15, -0.1) is 0 Å². The zero-order chi connectivity index (χ0) is 18.8. The van der Waals surface area contributed by atoms with Gasteiger partial charge in [0.2, 0.25) is 5.89 Å². The quantitative estimate of drug-likeness (QED) is 0.553. The van der Waals surface area contributed by atoms with Gasteiger partial charge in [0.05, 0.1) is 7.11 Å². The molecule has 0 spiro atoms. The van der Waals surface area contributed by atoms with Crippen molar-refractivity contribution >= 4 is 22.7 Å². The number of aryl methyl sites for hydroxylation is 1. The molecule has 27 heavy (non-hydrogen) atoms. The topological polar surface area (TPSA) is 64.4 Å². The molecule has 0 unspecified atom stereocenters. The third kappa shape index (κ3) is 3.53. The number of oxazole rings is 1. The predicted molar refractivity (Wildman–Crippen MR) is 105 cm³/mol. The Kier molecular flexibility index (Phi) is 4.34. The molecule has 0 radical (unpaired) electrons. The highest BCUT2D eigenvalue weighted by molar-refractivity contribution is 6.05. The van der Waals surface area contributed by atoms with Crippen LogP contribution in [0.25, 0.3) is 22.6 Å². The Morgan fingerprint density at radius 1 is 1.04 bits per heavy atom. The van der Waals surface area contributed by atoms with E-state index in [1.54, 1.807) is 37.4 Å². The number of hydrogen-bond donors (Lipinski definition) is 1. The summed E-state index contributed by atoms with van der Waals surface area (Å²) in [6.45, 7) is 1.99. The zero-order valence-electron chi connectivity index (χ0n) is 15.0. The second kappa shape index (κ2) is 6.96. The molecule has 1 aromatic heterocycles. The number of nitrogens with zero attached hydrogens (tertiary/aromatic N) is 1. The van der Waals surface area contributed by atoms with Crippen molar-refractivity contribution in [3.05, 3.63) is 77.9 Å². The highest BCUT2D eigenvalue weighted by atomic mass is 16.5. The Morgan fingerprint density at radius 2 is 1.85 bits per heavy atom. The summed E-state index contributed by atoms with van der Waals surface area (Å²) in [5, 5.41) is 2.90. The summed E-state index contributed by atoms with van der Waals surface area (Å²) in [6, 6.07) is 20.4. The number of ether oxygens (including phenoxy) is 1. The van der Waals surface area contributed by atoms with Crippen LogP contribution in [0.3, 0.4) is 0 Å². The normalized spacial score (nSPS) is 10.7. The minimum Gasteiger partial charge on any atom is -0.497 e. The third-order valence-electron chi connectivity index (χ3n) is 4.28. The number of anilines is 1. The highest BCUT2D eigenvalue weighted by Crippen LogP contribution is 2.28. The average molecular weight is 358 g/mol. The van der Waals surface area contributed by atoms with Crippen LogP contribution in [-0.4, -0.2) is 18.0 Å². The van der Waals surface area contributed by atoms with Gasteiger partial charge in [0.1, 0.15) is 11.3 Å². The van der Waals surface area contributed by atoms with Crippen LogP contribution in [0.4, 0.5) is 5.69 Å². The molecule has 1 amide bonds. The lowest BCUT2D eigenvalue weighted by molar-refractivity contribution is 0.102. The smallest absolute Gasteiger partial charge is 0.255 e. The van der Waals surface area contributed by atoms with Crippen molar-refractivity contribution in [2.45, 2.75) is 6.92 Å². The van der Waals surface area contributed by atoms with E-state index in [-0.39, 0.29) is 5.91 Å². The molecule has 134 valence electrons. The van der Waals surface area contributed by atoms with Crippen molar-refractivity contribution in [2.75, 3.05) is 12.4 Å². The van der Waals surface area contributed by atoms with Crippen LogP contribution in [0.2, 0.25) is 0 Å². The summed E-state index contributed by atoms with van der Waals surface area (Å²) in [4.78, 5) is 16.9. The fourth-order valence-corrected chi connectivity index (χ4v) is 2.79. The number of hydrogen-bond acceptors (Lipinski definition) is 4. The first kappa shape index (κ1) is 16.8. The average Bonchev–Trinajstić information content (AvgIpc) is 3.12. The summed E-state index contributed by atoms with van der Waals surface area (Å²) in [7, 11) is 1.62. The molecule has 0 aliphatic rings. The lowest BCUT2D eigenvalue weighted by Gasteiger charge is -2.05. The van der Waals surface area contributed by atoms with E-state index in [1.807, 2.05) is 43.3 Å². The van der Waals surface area contributed by atoms with Gasteiger partial charge in [0, 0.05) is 16.8 Å². The number of carbonyl (C=O) groups is 1.